The van der Waals surface area contributed by atoms with Crippen molar-refractivity contribution in [2.45, 2.75) is 58.5 Å². The quantitative estimate of drug-likeness (QED) is 0.633. The van der Waals surface area contributed by atoms with Crippen LogP contribution in [0.1, 0.15) is 43.4 Å². The molecule has 2 aromatic heterocycles. The van der Waals surface area contributed by atoms with Crippen LogP contribution in [-0.2, 0) is 11.3 Å². The molecule has 0 atom stereocenters. The molecule has 3 aromatic rings. The molecule has 0 unspecified atom stereocenters. The fourth-order valence-electron chi connectivity index (χ4n) is 4.23. The first-order chi connectivity index (χ1) is 15.5. The van der Waals surface area contributed by atoms with Gasteiger partial charge in [0, 0.05) is 17.3 Å². The lowest BCUT2D eigenvalue weighted by Gasteiger charge is -2.23. The number of aromatic nitrogens is 3. The Labute approximate surface area is 186 Å². The van der Waals surface area contributed by atoms with Crippen LogP contribution in [0.4, 0.5) is 0 Å². The van der Waals surface area contributed by atoms with Crippen molar-refractivity contribution >= 4 is 5.91 Å². The molecule has 0 aliphatic heterocycles. The predicted molar refractivity (Wildman–Crippen MR) is 120 cm³/mol. The van der Waals surface area contributed by atoms with E-state index in [-0.39, 0.29) is 29.9 Å². The molecule has 0 spiro atoms. The Morgan fingerprint density at radius 2 is 1.91 bits per heavy atom. The monoisotopic (exact) mass is 436 g/mol. The van der Waals surface area contributed by atoms with Gasteiger partial charge in [-0.15, -0.1) is 0 Å². The molecule has 8 heteroatoms. The third-order valence-corrected chi connectivity index (χ3v) is 5.96. The highest BCUT2D eigenvalue weighted by Crippen LogP contribution is 2.24. The number of rotatable bonds is 6. The van der Waals surface area contributed by atoms with Crippen molar-refractivity contribution in [1.82, 2.24) is 20.0 Å². The molecular weight excluding hydrogens is 408 g/mol. The maximum atomic E-state index is 13.3. The van der Waals surface area contributed by atoms with Crippen LogP contribution in [0.5, 0.6) is 5.75 Å². The van der Waals surface area contributed by atoms with E-state index in [0.717, 1.165) is 42.6 Å². The second kappa shape index (κ2) is 9.38. The van der Waals surface area contributed by atoms with Crippen molar-refractivity contribution < 1.29 is 14.1 Å². The lowest BCUT2D eigenvalue weighted by Crippen LogP contribution is -2.40. The number of nitrogens with one attached hydrogen (secondary N) is 1. The third-order valence-electron chi connectivity index (χ3n) is 5.96. The summed E-state index contributed by atoms with van der Waals surface area (Å²) in [6.07, 6.45) is 5.47. The number of hydrogen-bond donors (Lipinski definition) is 1. The van der Waals surface area contributed by atoms with Gasteiger partial charge in [-0.25, -0.2) is 0 Å². The molecular formula is C24H28N4O4. The van der Waals surface area contributed by atoms with Crippen LogP contribution in [-0.4, -0.2) is 33.8 Å². The molecule has 0 saturated heterocycles. The summed E-state index contributed by atoms with van der Waals surface area (Å²) in [6.45, 7) is 3.62. The molecule has 8 nitrogen and oxygen atoms in total. The molecule has 1 aliphatic rings. The molecule has 0 radical (unpaired) electrons. The highest BCUT2D eigenvalue weighted by molar-refractivity contribution is 5.76. The van der Waals surface area contributed by atoms with Crippen LogP contribution in [0.15, 0.2) is 39.6 Å². The molecule has 1 aromatic carbocycles. The Hall–Kier alpha value is -3.42. The number of carbonyl (C=O) groups is 1. The van der Waals surface area contributed by atoms with Crippen molar-refractivity contribution in [2.24, 2.45) is 0 Å². The summed E-state index contributed by atoms with van der Waals surface area (Å²) >= 11 is 0. The van der Waals surface area contributed by atoms with Crippen molar-refractivity contribution in [3.8, 4) is 28.6 Å². The second-order valence-electron chi connectivity index (χ2n) is 8.29. The molecule has 1 N–H and O–H groups in total. The van der Waals surface area contributed by atoms with E-state index < -0.39 is 0 Å². The minimum Gasteiger partial charge on any atom is -0.497 e. The van der Waals surface area contributed by atoms with Gasteiger partial charge in [-0.2, -0.15) is 4.98 Å². The summed E-state index contributed by atoms with van der Waals surface area (Å²) in [4.78, 5) is 30.4. The van der Waals surface area contributed by atoms with E-state index in [1.807, 2.05) is 32.0 Å². The van der Waals surface area contributed by atoms with Gasteiger partial charge in [0.2, 0.25) is 11.7 Å². The number of nitrogens with zero attached hydrogens (tertiary/aromatic N) is 3. The second-order valence-corrected chi connectivity index (χ2v) is 8.29. The van der Waals surface area contributed by atoms with E-state index in [1.165, 1.54) is 11.0 Å². The van der Waals surface area contributed by atoms with Gasteiger partial charge in [-0.1, -0.05) is 24.4 Å². The van der Waals surface area contributed by atoms with E-state index >= 15 is 0 Å². The van der Waals surface area contributed by atoms with E-state index in [9.17, 15) is 9.59 Å². The van der Waals surface area contributed by atoms with Crippen molar-refractivity contribution in [3.63, 3.8) is 0 Å². The molecule has 4 rings (SSSR count). The minimum absolute atomic E-state index is 0.0338. The first-order valence-corrected chi connectivity index (χ1v) is 10.9. The van der Waals surface area contributed by atoms with Crippen LogP contribution in [0.3, 0.4) is 0 Å². The van der Waals surface area contributed by atoms with Crippen LogP contribution in [0.2, 0.25) is 0 Å². The summed E-state index contributed by atoms with van der Waals surface area (Å²) in [5.41, 5.74) is 2.18. The van der Waals surface area contributed by atoms with Gasteiger partial charge in [0.15, 0.2) is 0 Å². The summed E-state index contributed by atoms with van der Waals surface area (Å²) in [7, 11) is 1.60. The van der Waals surface area contributed by atoms with Gasteiger partial charge in [0.1, 0.15) is 17.9 Å². The van der Waals surface area contributed by atoms with Crippen LogP contribution < -0.4 is 15.6 Å². The van der Waals surface area contributed by atoms with Gasteiger partial charge in [-0.3, -0.25) is 9.59 Å². The van der Waals surface area contributed by atoms with Gasteiger partial charge in [0.05, 0.1) is 7.11 Å². The normalized spacial score (nSPS) is 14.3. The first kappa shape index (κ1) is 21.8. The average Bonchev–Trinajstić information content (AvgIpc) is 3.27. The topological polar surface area (TPSA) is 99.3 Å². The van der Waals surface area contributed by atoms with Gasteiger partial charge in [-0.05, 0) is 62.6 Å². The highest BCUT2D eigenvalue weighted by atomic mass is 16.5. The lowest BCUT2D eigenvalue weighted by atomic mass is 9.95. The molecule has 0 bridgehead atoms. The Bertz CT molecular complexity index is 1160. The molecule has 32 heavy (non-hydrogen) atoms. The number of methoxy groups -OCH3 is 1. The van der Waals surface area contributed by atoms with Gasteiger partial charge < -0.3 is 19.1 Å². The zero-order valence-electron chi connectivity index (χ0n) is 18.7. The number of hydrogen-bond acceptors (Lipinski definition) is 6. The summed E-state index contributed by atoms with van der Waals surface area (Å²) in [5, 5.41) is 7.11. The molecule has 1 fully saturated rings. The van der Waals surface area contributed by atoms with E-state index in [2.05, 4.69) is 15.5 Å². The SMILES string of the molecule is COc1ccc(-c2noc(-c3c(C)cc(C)n(CC(=O)NC4CCCCC4)c3=O)n2)cc1. The third kappa shape index (κ3) is 4.59. The summed E-state index contributed by atoms with van der Waals surface area (Å²) < 4.78 is 12.1. The smallest absolute Gasteiger partial charge is 0.264 e. The van der Waals surface area contributed by atoms with Gasteiger partial charge in [0.25, 0.3) is 11.4 Å². The highest BCUT2D eigenvalue weighted by Gasteiger charge is 2.21. The maximum absolute atomic E-state index is 13.3. The largest absolute Gasteiger partial charge is 0.497 e. The fourth-order valence-corrected chi connectivity index (χ4v) is 4.23. The van der Waals surface area contributed by atoms with Crippen molar-refractivity contribution in [3.05, 3.63) is 51.9 Å². The van der Waals surface area contributed by atoms with Crippen LogP contribution in [0.25, 0.3) is 22.8 Å². The Balaban J connectivity index is 1.60. The zero-order valence-corrected chi connectivity index (χ0v) is 18.7. The van der Waals surface area contributed by atoms with E-state index in [0.29, 0.717) is 17.1 Å². The minimum atomic E-state index is -0.314. The van der Waals surface area contributed by atoms with Gasteiger partial charge >= 0.3 is 0 Å². The maximum Gasteiger partial charge on any atom is 0.264 e. The first-order valence-electron chi connectivity index (χ1n) is 10.9. The Morgan fingerprint density at radius 1 is 1.19 bits per heavy atom. The molecule has 1 amide bonds. The predicted octanol–water partition coefficient (Wildman–Crippen LogP) is 3.64. The molecule has 168 valence electrons. The van der Waals surface area contributed by atoms with Crippen LogP contribution >= 0.6 is 0 Å². The van der Waals surface area contributed by atoms with Crippen molar-refractivity contribution in [2.75, 3.05) is 7.11 Å². The number of ether oxygens (including phenoxy) is 1. The number of carbonyl (C=O) groups excluding carboxylic acids is 1. The molecule has 1 aliphatic carbocycles. The Kier molecular flexibility index (Phi) is 6.39. The number of amides is 1. The fraction of sp³-hybridized carbons (Fsp3) is 0.417. The molecule has 2 heterocycles. The molecule has 1 saturated carbocycles. The average molecular weight is 437 g/mol. The van der Waals surface area contributed by atoms with Crippen LogP contribution in [0, 0.1) is 13.8 Å². The van der Waals surface area contributed by atoms with E-state index in [1.54, 1.807) is 19.2 Å². The standard InChI is InChI=1S/C24H28N4O4/c1-15-13-16(2)28(14-20(29)25-18-7-5-4-6-8-18)24(30)21(15)23-26-22(27-32-23)17-9-11-19(31-3)12-10-17/h9-13,18H,4-8,14H2,1-3H3,(H,25,29). The van der Waals surface area contributed by atoms with Crippen molar-refractivity contribution in [1.29, 1.82) is 0 Å². The Morgan fingerprint density at radius 3 is 2.59 bits per heavy atom. The lowest BCUT2D eigenvalue weighted by molar-refractivity contribution is -0.122. The number of pyridine rings is 1. The summed E-state index contributed by atoms with van der Waals surface area (Å²) in [6, 6.07) is 9.32. The number of benzene rings is 1. The zero-order chi connectivity index (χ0) is 22.7. The summed E-state index contributed by atoms with van der Waals surface area (Å²) in [5.74, 6) is 1.09. The number of aryl methyl sites for hydroxylation is 2. The van der Waals surface area contributed by atoms with E-state index in [4.69, 9.17) is 9.26 Å².